The normalized spacial score (nSPS) is 20.1. The van der Waals surface area contributed by atoms with Crippen LogP contribution in [-0.2, 0) is 30.7 Å². The lowest BCUT2D eigenvalue weighted by molar-refractivity contribution is -0.0907. The van der Waals surface area contributed by atoms with Gasteiger partial charge in [0.2, 0.25) is 16.8 Å². The number of hydrogen-bond donors (Lipinski definition) is 3. The molecule has 4 unspecified atom stereocenters. The molecule has 0 spiro atoms. The SMILES string of the molecule is CC(C)(CCCCCN=C(NC#N)Oc1ccccc1)CN(CC(O)[C@H](Cc1ccccc1)NC(=O)OC1COC2OCCC12)S(=O)(=O)c1ccc2c(c1)OCO2. The third kappa shape index (κ3) is 11.6. The Bertz CT molecular complexity index is 1960. The number of alkyl carbamates (subject to hydrolysis) is 1. The second-order valence-corrected chi connectivity index (χ2v) is 17.0. The number of rotatable bonds is 18. The quantitative estimate of drug-likeness (QED) is 0.0516. The minimum Gasteiger partial charge on any atom is -0.454 e. The number of amidine groups is 1. The molecular weight excluding hydrogens is 755 g/mol. The zero-order valence-electron chi connectivity index (χ0n) is 32.2. The number of carbonyl (C=O) groups is 1. The van der Waals surface area contributed by atoms with Gasteiger partial charge in [-0.15, -0.1) is 0 Å². The molecule has 1 amide bonds. The zero-order chi connectivity index (χ0) is 40.3. The lowest BCUT2D eigenvalue weighted by Crippen LogP contribution is -2.52. The Balaban J connectivity index is 1.13. The van der Waals surface area contributed by atoms with Crippen LogP contribution in [0.5, 0.6) is 17.2 Å². The first-order chi connectivity index (χ1) is 27.5. The molecule has 6 rings (SSSR count). The fourth-order valence-electron chi connectivity index (χ4n) is 7.17. The maximum atomic E-state index is 14.5. The predicted molar refractivity (Wildman–Crippen MR) is 209 cm³/mol. The van der Waals surface area contributed by atoms with Gasteiger partial charge in [0.15, 0.2) is 24.0 Å². The lowest BCUT2D eigenvalue weighted by Gasteiger charge is -2.35. The van der Waals surface area contributed by atoms with Gasteiger partial charge in [-0.3, -0.25) is 0 Å². The van der Waals surface area contributed by atoms with Gasteiger partial charge < -0.3 is 38.8 Å². The molecule has 5 atom stereocenters. The van der Waals surface area contributed by atoms with Gasteiger partial charge in [-0.25, -0.2) is 23.5 Å². The Labute approximate surface area is 333 Å². The molecule has 0 saturated carbocycles. The highest BCUT2D eigenvalue weighted by atomic mass is 32.2. The topological polar surface area (TPSA) is 190 Å². The number of nitriles is 1. The fourth-order valence-corrected chi connectivity index (χ4v) is 8.83. The third-order valence-corrected chi connectivity index (χ3v) is 12.0. The molecule has 3 heterocycles. The maximum Gasteiger partial charge on any atom is 0.407 e. The molecule has 57 heavy (non-hydrogen) atoms. The van der Waals surface area contributed by atoms with Gasteiger partial charge in [-0.1, -0.05) is 75.2 Å². The van der Waals surface area contributed by atoms with Crippen LogP contribution in [0, 0.1) is 22.8 Å². The van der Waals surface area contributed by atoms with Gasteiger partial charge in [0.25, 0.3) is 0 Å². The lowest BCUT2D eigenvalue weighted by atomic mass is 9.86. The van der Waals surface area contributed by atoms with Gasteiger partial charge >= 0.3 is 12.1 Å². The third-order valence-electron chi connectivity index (χ3n) is 10.2. The number of sulfonamides is 1. The summed E-state index contributed by atoms with van der Waals surface area (Å²) in [6, 6.07) is 22.1. The Morgan fingerprint density at radius 3 is 2.56 bits per heavy atom. The largest absolute Gasteiger partial charge is 0.454 e. The molecule has 0 aliphatic carbocycles. The Kier molecular flexibility index (Phi) is 14.3. The van der Waals surface area contributed by atoms with E-state index in [-0.39, 0.29) is 49.7 Å². The molecule has 3 aromatic rings. The van der Waals surface area contributed by atoms with Crippen LogP contribution in [0.15, 0.2) is 88.8 Å². The van der Waals surface area contributed by atoms with Gasteiger partial charge in [-0.05, 0) is 60.9 Å². The highest BCUT2D eigenvalue weighted by Crippen LogP contribution is 2.36. The number of ether oxygens (including phenoxy) is 6. The van der Waals surface area contributed by atoms with E-state index >= 15 is 0 Å². The number of amides is 1. The summed E-state index contributed by atoms with van der Waals surface area (Å²) in [5.41, 5.74) is 0.312. The number of aliphatic hydroxyl groups excluding tert-OH is 1. The molecule has 3 N–H and O–H groups in total. The average molecular weight is 806 g/mol. The van der Waals surface area contributed by atoms with E-state index in [9.17, 15) is 18.3 Å². The molecule has 3 aliphatic rings. The molecule has 3 aliphatic heterocycles. The van der Waals surface area contributed by atoms with E-state index in [1.165, 1.54) is 16.4 Å². The van der Waals surface area contributed by atoms with E-state index in [2.05, 4.69) is 15.6 Å². The van der Waals surface area contributed by atoms with Gasteiger partial charge in [0, 0.05) is 25.7 Å². The monoisotopic (exact) mass is 805 g/mol. The summed E-state index contributed by atoms with van der Waals surface area (Å²) in [6.07, 6.45) is 2.76. The fraction of sp³-hybridized carbons (Fsp3) is 0.488. The molecule has 0 radical (unpaired) electrons. The van der Waals surface area contributed by atoms with Crippen LogP contribution in [0.1, 0.15) is 51.5 Å². The van der Waals surface area contributed by atoms with Crippen molar-refractivity contribution in [1.82, 2.24) is 14.9 Å². The van der Waals surface area contributed by atoms with Crippen molar-refractivity contribution >= 4 is 22.1 Å². The number of fused-ring (bicyclic) bond motifs is 2. The van der Waals surface area contributed by atoms with E-state index < -0.39 is 46.1 Å². The summed E-state index contributed by atoms with van der Waals surface area (Å²) in [6.45, 7) is 4.89. The Hall–Kier alpha value is -4.92. The molecule has 0 bridgehead atoms. The molecule has 0 aromatic heterocycles. The van der Waals surface area contributed by atoms with E-state index in [1.807, 2.05) is 68.6 Å². The summed E-state index contributed by atoms with van der Waals surface area (Å²) < 4.78 is 63.8. The average Bonchev–Trinajstić information content (AvgIpc) is 3.95. The molecule has 15 nitrogen and oxygen atoms in total. The first-order valence-corrected chi connectivity index (χ1v) is 20.7. The summed E-state index contributed by atoms with van der Waals surface area (Å²) in [4.78, 5) is 17.7. The van der Waals surface area contributed by atoms with Crippen molar-refractivity contribution in [3.63, 3.8) is 0 Å². The predicted octanol–water partition coefficient (Wildman–Crippen LogP) is 4.96. The Morgan fingerprint density at radius 2 is 1.79 bits per heavy atom. The van der Waals surface area contributed by atoms with Gasteiger partial charge in [0.1, 0.15) is 11.9 Å². The highest BCUT2D eigenvalue weighted by molar-refractivity contribution is 7.89. The van der Waals surface area contributed by atoms with Crippen LogP contribution in [0.25, 0.3) is 0 Å². The summed E-state index contributed by atoms with van der Waals surface area (Å²) in [5.74, 6) is 1.25. The zero-order valence-corrected chi connectivity index (χ0v) is 33.1. The minimum absolute atomic E-state index is 0.00587. The van der Waals surface area contributed by atoms with Crippen LogP contribution in [0.2, 0.25) is 0 Å². The smallest absolute Gasteiger partial charge is 0.407 e. The van der Waals surface area contributed by atoms with Crippen molar-refractivity contribution in [3.8, 4) is 23.4 Å². The number of para-hydroxylation sites is 1. The maximum absolute atomic E-state index is 14.5. The number of benzene rings is 3. The van der Waals surface area contributed by atoms with Crippen LogP contribution in [0.3, 0.4) is 0 Å². The van der Waals surface area contributed by atoms with Gasteiger partial charge in [0.05, 0.1) is 36.2 Å². The van der Waals surface area contributed by atoms with Crippen molar-refractivity contribution < 1.29 is 46.7 Å². The number of carbonyl (C=O) groups excluding carboxylic acids is 1. The molecule has 3 aromatic carbocycles. The van der Waals surface area contributed by atoms with Crippen LogP contribution < -0.4 is 24.8 Å². The summed E-state index contributed by atoms with van der Waals surface area (Å²) in [7, 11) is -4.20. The van der Waals surface area contributed by atoms with E-state index in [1.54, 1.807) is 18.2 Å². The van der Waals surface area contributed by atoms with Crippen molar-refractivity contribution in [2.45, 2.75) is 81.8 Å². The van der Waals surface area contributed by atoms with E-state index in [0.29, 0.717) is 49.7 Å². The van der Waals surface area contributed by atoms with Crippen LogP contribution >= 0.6 is 0 Å². The first kappa shape index (κ1) is 41.7. The second-order valence-electron chi connectivity index (χ2n) is 15.1. The van der Waals surface area contributed by atoms with Crippen LogP contribution in [0.4, 0.5) is 4.79 Å². The first-order valence-electron chi connectivity index (χ1n) is 19.3. The minimum atomic E-state index is -4.20. The van der Waals surface area contributed by atoms with Crippen molar-refractivity contribution in [3.05, 3.63) is 84.4 Å². The van der Waals surface area contributed by atoms with Gasteiger partial charge in [-0.2, -0.15) is 9.57 Å². The van der Waals surface area contributed by atoms with E-state index in [0.717, 1.165) is 18.4 Å². The number of aliphatic hydroxyl groups is 1. The van der Waals surface area contributed by atoms with Crippen molar-refractivity contribution in [2.75, 3.05) is 39.6 Å². The second kappa shape index (κ2) is 19.5. The number of aliphatic imine (C=N–C) groups is 1. The molecular formula is C41H51N5O10S. The molecule has 2 saturated heterocycles. The standard InChI is InChI=1S/C41H51N5O10S/c1-41(2,19-10-5-11-20-43-39(44-27-42)55-30-14-8-4-9-15-30)26-46(57(49,50)31-16-17-35-36(23-31)54-28-53-35)24-34(47)33(22-29-12-6-3-7-13-29)45-40(48)56-37-25-52-38-32(37)18-21-51-38/h3-4,6-9,12-17,23,32-34,37-38,47H,5,10-11,18-22,24-26,28H2,1-2H3,(H,43,44)(H,45,48)/t32?,33-,34?,37?,38?/m0/s1. The Morgan fingerprint density at radius 1 is 1.04 bits per heavy atom. The summed E-state index contributed by atoms with van der Waals surface area (Å²) >= 11 is 0. The summed E-state index contributed by atoms with van der Waals surface area (Å²) in [5, 5.41) is 26.3. The molecule has 306 valence electrons. The number of nitrogens with one attached hydrogen (secondary N) is 2. The molecule has 2 fully saturated rings. The number of nitrogens with zero attached hydrogens (tertiary/aromatic N) is 3. The number of unbranched alkanes of at least 4 members (excludes halogenated alkanes) is 2. The highest BCUT2D eigenvalue weighted by Gasteiger charge is 2.44. The molecule has 16 heteroatoms. The van der Waals surface area contributed by atoms with Crippen LogP contribution in [-0.4, -0.2) is 94.1 Å². The van der Waals surface area contributed by atoms with Crippen molar-refractivity contribution in [1.29, 1.82) is 5.26 Å². The number of hydrogen-bond acceptors (Lipinski definition) is 12. The van der Waals surface area contributed by atoms with E-state index in [4.69, 9.17) is 33.7 Å². The van der Waals surface area contributed by atoms with Crippen molar-refractivity contribution in [2.24, 2.45) is 16.3 Å².